The van der Waals surface area contributed by atoms with Crippen molar-refractivity contribution >= 4 is 58.9 Å². The van der Waals surface area contributed by atoms with Gasteiger partial charge in [0.15, 0.2) is 11.5 Å². The number of hydrogen-bond donors (Lipinski definition) is 5. The van der Waals surface area contributed by atoms with Gasteiger partial charge in [-0.2, -0.15) is 15.0 Å². The summed E-state index contributed by atoms with van der Waals surface area (Å²) in [5.74, 6) is 0.776. The molecule has 0 saturated carbocycles. The van der Waals surface area contributed by atoms with Gasteiger partial charge in [-0.15, -0.1) is 0 Å². The summed E-state index contributed by atoms with van der Waals surface area (Å²) in [6.45, 7) is 22.5. The normalized spacial score (nSPS) is 21.2. The van der Waals surface area contributed by atoms with Crippen molar-refractivity contribution in [2.75, 3.05) is 36.0 Å². The van der Waals surface area contributed by atoms with Crippen LogP contribution < -0.4 is 31.1 Å². The number of nitrogens with one attached hydrogen (secondary N) is 5. The largest absolute Gasteiger partial charge is 0.444 e. The van der Waals surface area contributed by atoms with Crippen LogP contribution in [0.4, 0.5) is 30.9 Å². The molecular formula is C35H57ClN10O8. The number of anilines is 2. The van der Waals surface area contributed by atoms with Gasteiger partial charge in [-0.05, 0) is 108 Å². The molecule has 19 heteroatoms. The van der Waals surface area contributed by atoms with Crippen molar-refractivity contribution < 1.29 is 38.1 Å². The molecule has 302 valence electrons. The maximum Gasteiger partial charge on any atom is 0.407 e. The second-order valence-corrected chi connectivity index (χ2v) is 18.1. The van der Waals surface area contributed by atoms with E-state index in [1.165, 1.54) is 0 Å². The van der Waals surface area contributed by atoms with E-state index in [-0.39, 0.29) is 24.0 Å². The highest BCUT2D eigenvalue weighted by molar-refractivity contribution is 6.28. The summed E-state index contributed by atoms with van der Waals surface area (Å²) in [6, 6.07) is -1.84. The number of rotatable bonds is 6. The van der Waals surface area contributed by atoms with Crippen molar-refractivity contribution in [3.63, 3.8) is 0 Å². The molecule has 5 N–H and O–H groups in total. The van der Waals surface area contributed by atoms with Crippen LogP contribution in [-0.4, -0.2) is 117 Å². The topological polar surface area (TPSA) is 214 Å². The average molecular weight is 781 g/mol. The number of imidazole rings is 1. The summed E-state index contributed by atoms with van der Waals surface area (Å²) < 4.78 is 22.1. The zero-order valence-electron chi connectivity index (χ0n) is 33.4. The minimum absolute atomic E-state index is 0.0676. The van der Waals surface area contributed by atoms with Crippen molar-refractivity contribution in [2.45, 2.75) is 142 Å². The molecule has 2 fully saturated rings. The zero-order valence-corrected chi connectivity index (χ0v) is 34.2. The van der Waals surface area contributed by atoms with E-state index in [1.54, 1.807) is 83.1 Å². The van der Waals surface area contributed by atoms with Gasteiger partial charge >= 0.3 is 24.4 Å². The van der Waals surface area contributed by atoms with Crippen LogP contribution in [0, 0.1) is 0 Å². The Morgan fingerprint density at radius 3 is 1.24 bits per heavy atom. The van der Waals surface area contributed by atoms with E-state index in [2.05, 4.69) is 36.2 Å². The molecule has 54 heavy (non-hydrogen) atoms. The lowest BCUT2D eigenvalue weighted by atomic mass is 10.0. The summed E-state index contributed by atoms with van der Waals surface area (Å²) >= 11 is 6.47. The Morgan fingerprint density at radius 2 is 0.907 bits per heavy atom. The molecule has 0 radical (unpaired) electrons. The van der Waals surface area contributed by atoms with E-state index in [4.69, 9.17) is 35.5 Å². The van der Waals surface area contributed by atoms with Crippen molar-refractivity contribution in [3.8, 4) is 0 Å². The standard InChI is InChI=1S/C35H57ClN10O8/c1-32(2,3)51-28(47)37-19-13-20(38-29(48)52-33(4,5)6)16-45(15-19)25-23-24(42-26(36)44-25)43-27(41-23)46-17-21(39-30(49)53-34(7,8)9)14-22(18-46)40-31(50)54-35(10,11)12/h19-22H,13-18H2,1-12H3,(H,37,47)(H,38,48)(H,39,49)(H,40,50)(H,41,42,43,44). The molecule has 0 spiro atoms. The molecule has 0 aliphatic carbocycles. The van der Waals surface area contributed by atoms with Gasteiger partial charge in [0, 0.05) is 26.2 Å². The average Bonchev–Trinajstić information content (AvgIpc) is 3.36. The molecule has 2 aromatic heterocycles. The molecular weight excluding hydrogens is 724 g/mol. The number of carbonyl (C=O) groups excluding carboxylic acids is 4. The summed E-state index contributed by atoms with van der Waals surface area (Å²) in [6.07, 6.45) is -1.61. The quantitative estimate of drug-likeness (QED) is 0.193. The molecule has 4 atom stereocenters. The summed E-state index contributed by atoms with van der Waals surface area (Å²) in [7, 11) is 0. The molecule has 0 aromatic carbocycles. The number of halogens is 1. The van der Waals surface area contributed by atoms with Gasteiger partial charge < -0.3 is 55.0 Å². The molecule has 2 saturated heterocycles. The number of aromatic amines is 1. The van der Waals surface area contributed by atoms with Crippen LogP contribution in [0.5, 0.6) is 0 Å². The third-order valence-electron chi connectivity index (χ3n) is 7.68. The Balaban J connectivity index is 1.65. The van der Waals surface area contributed by atoms with Gasteiger partial charge in [-0.1, -0.05) is 0 Å². The maximum absolute atomic E-state index is 12.9. The van der Waals surface area contributed by atoms with Gasteiger partial charge in [0.1, 0.15) is 27.9 Å². The first-order valence-corrected chi connectivity index (χ1v) is 18.5. The van der Waals surface area contributed by atoms with Crippen molar-refractivity contribution in [1.82, 2.24) is 41.2 Å². The fourth-order valence-electron chi connectivity index (χ4n) is 6.08. The lowest BCUT2D eigenvalue weighted by Gasteiger charge is -2.39. The lowest BCUT2D eigenvalue weighted by molar-refractivity contribution is 0.0452. The van der Waals surface area contributed by atoms with Gasteiger partial charge in [0.05, 0.1) is 24.2 Å². The molecule has 4 rings (SSSR count). The van der Waals surface area contributed by atoms with Crippen LogP contribution in [0.25, 0.3) is 11.2 Å². The van der Waals surface area contributed by atoms with Gasteiger partial charge in [0.25, 0.3) is 0 Å². The van der Waals surface area contributed by atoms with E-state index in [1.807, 2.05) is 9.80 Å². The minimum Gasteiger partial charge on any atom is -0.444 e. The van der Waals surface area contributed by atoms with Crippen molar-refractivity contribution in [1.29, 1.82) is 0 Å². The number of alkyl carbamates (subject to hydrolysis) is 4. The highest BCUT2D eigenvalue weighted by atomic mass is 35.5. The highest BCUT2D eigenvalue weighted by Gasteiger charge is 2.36. The highest BCUT2D eigenvalue weighted by Crippen LogP contribution is 2.30. The SMILES string of the molecule is CC(C)(C)OC(=O)NC1CC(NC(=O)OC(C)(C)C)CN(c2nc3nc(Cl)nc(N4CC(NC(=O)OC(C)(C)C)CC(NC(=O)OC(C)(C)C)C4)c3[nH]2)C1. The van der Waals surface area contributed by atoms with E-state index < -0.39 is 70.9 Å². The molecule has 4 unspecified atom stereocenters. The molecule has 4 heterocycles. The Labute approximate surface area is 321 Å². The number of ether oxygens (including phenoxy) is 4. The van der Waals surface area contributed by atoms with E-state index in [9.17, 15) is 19.2 Å². The van der Waals surface area contributed by atoms with E-state index in [0.29, 0.717) is 43.2 Å². The van der Waals surface area contributed by atoms with Crippen LogP contribution in [0.15, 0.2) is 0 Å². The Bertz CT molecular complexity index is 1600. The van der Waals surface area contributed by atoms with Crippen LogP contribution in [0.3, 0.4) is 0 Å². The molecule has 2 aliphatic rings. The summed E-state index contributed by atoms with van der Waals surface area (Å²) in [5, 5.41) is 11.6. The molecule has 2 aromatic rings. The first kappa shape index (κ1) is 42.3. The number of hydrogen-bond acceptors (Lipinski definition) is 13. The summed E-state index contributed by atoms with van der Waals surface area (Å²) in [4.78, 5) is 72.1. The number of nitrogens with zero attached hydrogens (tertiary/aromatic N) is 5. The van der Waals surface area contributed by atoms with Crippen LogP contribution in [0.2, 0.25) is 5.28 Å². The number of fused-ring (bicyclic) bond motifs is 1. The second kappa shape index (κ2) is 16.1. The van der Waals surface area contributed by atoms with Gasteiger partial charge in [-0.3, -0.25) is 0 Å². The first-order chi connectivity index (χ1) is 24.7. The molecule has 4 amide bonds. The zero-order chi connectivity index (χ0) is 40.4. The van der Waals surface area contributed by atoms with Crippen LogP contribution >= 0.6 is 11.6 Å². The minimum atomic E-state index is -0.720. The number of amides is 4. The number of piperidine rings is 2. The molecule has 2 aliphatic heterocycles. The third-order valence-corrected chi connectivity index (χ3v) is 7.84. The maximum atomic E-state index is 12.9. The van der Waals surface area contributed by atoms with Crippen molar-refractivity contribution in [3.05, 3.63) is 5.28 Å². The molecule has 0 bridgehead atoms. The Morgan fingerprint density at radius 1 is 0.574 bits per heavy atom. The van der Waals surface area contributed by atoms with E-state index in [0.717, 1.165) is 0 Å². The van der Waals surface area contributed by atoms with E-state index >= 15 is 0 Å². The van der Waals surface area contributed by atoms with Crippen LogP contribution in [-0.2, 0) is 18.9 Å². The summed E-state index contributed by atoms with van der Waals surface area (Å²) in [5.41, 5.74) is -2.15. The number of H-pyrrole nitrogens is 1. The Kier molecular flexibility index (Phi) is 12.6. The van der Waals surface area contributed by atoms with Gasteiger partial charge in [-0.25, -0.2) is 19.2 Å². The second-order valence-electron chi connectivity index (χ2n) is 17.7. The molecule has 18 nitrogen and oxygen atoms in total. The first-order valence-electron chi connectivity index (χ1n) is 18.1. The predicted molar refractivity (Wildman–Crippen MR) is 203 cm³/mol. The number of carbonyl (C=O) groups is 4. The number of aromatic nitrogens is 4. The predicted octanol–water partition coefficient (Wildman–Crippen LogP) is 5.00. The lowest BCUT2D eigenvalue weighted by Crippen LogP contribution is -2.58. The van der Waals surface area contributed by atoms with Gasteiger partial charge in [0.2, 0.25) is 11.2 Å². The monoisotopic (exact) mass is 780 g/mol. The van der Waals surface area contributed by atoms with Crippen LogP contribution in [0.1, 0.15) is 95.9 Å². The fourth-order valence-corrected chi connectivity index (χ4v) is 6.24. The fraction of sp³-hybridized carbons (Fsp3) is 0.743. The third kappa shape index (κ3) is 13.4. The Hall–Kier alpha value is -4.48. The smallest absolute Gasteiger partial charge is 0.407 e. The van der Waals surface area contributed by atoms with Crippen molar-refractivity contribution in [2.24, 2.45) is 0 Å².